The summed E-state index contributed by atoms with van der Waals surface area (Å²) in [6.07, 6.45) is 0. The zero-order valence-corrected chi connectivity index (χ0v) is 8.35. The molecule has 0 atom stereocenters. The number of aromatic amines is 1. The minimum Gasteiger partial charge on any atom is -0.341 e. The third-order valence-electron chi connectivity index (χ3n) is 1.81. The quantitative estimate of drug-likeness (QED) is 0.742. The minimum absolute atomic E-state index is 0.778. The van der Waals surface area contributed by atoms with Crippen molar-refractivity contribution in [3.8, 4) is 0 Å². The maximum Gasteiger partial charge on any atom is 0.117 e. The molecule has 0 amide bonds. The average Bonchev–Trinajstić information content (AvgIpc) is 2.46. The highest BCUT2D eigenvalue weighted by molar-refractivity contribution is 9.08. The van der Waals surface area contributed by atoms with Crippen LogP contribution in [0.25, 0.3) is 11.0 Å². The molecular weight excluding hydrogens is 216 g/mol. The van der Waals surface area contributed by atoms with Gasteiger partial charge in [-0.2, -0.15) is 0 Å². The fourth-order valence-corrected chi connectivity index (χ4v) is 1.51. The molecule has 0 saturated carbocycles. The molecular formula is C9H9BrN2. The van der Waals surface area contributed by atoms with E-state index in [1.165, 1.54) is 5.56 Å². The molecule has 0 aliphatic rings. The number of aromatic nitrogens is 2. The van der Waals surface area contributed by atoms with E-state index in [2.05, 4.69) is 45.0 Å². The molecule has 2 rings (SSSR count). The molecule has 0 unspecified atom stereocenters. The van der Waals surface area contributed by atoms with Crippen molar-refractivity contribution in [1.29, 1.82) is 0 Å². The molecule has 12 heavy (non-hydrogen) atoms. The van der Waals surface area contributed by atoms with Gasteiger partial charge in [0.2, 0.25) is 0 Å². The highest BCUT2D eigenvalue weighted by Crippen LogP contribution is 2.14. The summed E-state index contributed by atoms with van der Waals surface area (Å²) >= 11 is 3.36. The molecule has 2 nitrogen and oxygen atoms in total. The van der Waals surface area contributed by atoms with Gasteiger partial charge in [-0.25, -0.2) is 4.98 Å². The smallest absolute Gasteiger partial charge is 0.117 e. The van der Waals surface area contributed by atoms with Crippen LogP contribution < -0.4 is 0 Å². The van der Waals surface area contributed by atoms with Crippen LogP contribution in [0.2, 0.25) is 0 Å². The van der Waals surface area contributed by atoms with Crippen LogP contribution in [0.3, 0.4) is 0 Å². The Labute approximate surface area is 79.1 Å². The summed E-state index contributed by atoms with van der Waals surface area (Å²) in [6.45, 7) is 2.08. The van der Waals surface area contributed by atoms with Gasteiger partial charge >= 0.3 is 0 Å². The Morgan fingerprint density at radius 3 is 3.08 bits per heavy atom. The number of hydrogen-bond acceptors (Lipinski definition) is 1. The van der Waals surface area contributed by atoms with Crippen LogP contribution in [0.15, 0.2) is 18.2 Å². The molecule has 0 bridgehead atoms. The van der Waals surface area contributed by atoms with Crippen LogP contribution in [0, 0.1) is 6.92 Å². The topological polar surface area (TPSA) is 28.7 Å². The van der Waals surface area contributed by atoms with Crippen molar-refractivity contribution in [2.24, 2.45) is 0 Å². The monoisotopic (exact) mass is 224 g/mol. The lowest BCUT2D eigenvalue weighted by Crippen LogP contribution is -1.76. The van der Waals surface area contributed by atoms with Crippen LogP contribution in [-0.4, -0.2) is 9.97 Å². The zero-order valence-electron chi connectivity index (χ0n) is 6.76. The number of rotatable bonds is 1. The third kappa shape index (κ3) is 1.25. The molecule has 0 fully saturated rings. The molecule has 1 N–H and O–H groups in total. The lowest BCUT2D eigenvalue weighted by atomic mass is 10.2. The second-order valence-electron chi connectivity index (χ2n) is 2.84. The van der Waals surface area contributed by atoms with Crippen LogP contribution in [0.1, 0.15) is 11.4 Å². The molecule has 1 aromatic carbocycles. The predicted molar refractivity (Wildman–Crippen MR) is 53.5 cm³/mol. The van der Waals surface area contributed by atoms with E-state index in [0.717, 1.165) is 22.2 Å². The maximum atomic E-state index is 4.37. The van der Waals surface area contributed by atoms with E-state index >= 15 is 0 Å². The largest absolute Gasteiger partial charge is 0.341 e. The summed E-state index contributed by atoms with van der Waals surface area (Å²) < 4.78 is 0. The average molecular weight is 225 g/mol. The van der Waals surface area contributed by atoms with Gasteiger partial charge in [0.05, 0.1) is 16.4 Å². The molecule has 2 aromatic rings. The van der Waals surface area contributed by atoms with Crippen LogP contribution in [0.4, 0.5) is 0 Å². The van der Waals surface area contributed by atoms with E-state index in [1.54, 1.807) is 0 Å². The fourth-order valence-electron chi connectivity index (χ4n) is 1.24. The number of alkyl halides is 1. The normalized spacial score (nSPS) is 10.8. The van der Waals surface area contributed by atoms with Gasteiger partial charge in [0, 0.05) is 0 Å². The molecule has 0 spiro atoms. The summed E-state index contributed by atoms with van der Waals surface area (Å²) in [5, 5.41) is 0.778. The number of nitrogens with zero attached hydrogens (tertiary/aromatic N) is 1. The van der Waals surface area contributed by atoms with E-state index in [-0.39, 0.29) is 0 Å². The van der Waals surface area contributed by atoms with Crippen molar-refractivity contribution >= 4 is 27.0 Å². The molecule has 1 heterocycles. The summed E-state index contributed by atoms with van der Waals surface area (Å²) in [5.41, 5.74) is 3.41. The van der Waals surface area contributed by atoms with Crippen molar-refractivity contribution in [2.75, 3.05) is 0 Å². The van der Waals surface area contributed by atoms with Gasteiger partial charge in [0.25, 0.3) is 0 Å². The van der Waals surface area contributed by atoms with Crippen molar-refractivity contribution in [2.45, 2.75) is 12.3 Å². The summed E-state index contributed by atoms with van der Waals surface area (Å²) in [7, 11) is 0. The number of fused-ring (bicyclic) bond motifs is 1. The zero-order chi connectivity index (χ0) is 8.55. The second kappa shape index (κ2) is 2.90. The van der Waals surface area contributed by atoms with Gasteiger partial charge in [-0.05, 0) is 24.6 Å². The van der Waals surface area contributed by atoms with Crippen LogP contribution in [-0.2, 0) is 5.33 Å². The van der Waals surface area contributed by atoms with E-state index in [1.807, 2.05) is 6.07 Å². The second-order valence-corrected chi connectivity index (χ2v) is 3.40. The Morgan fingerprint density at radius 1 is 1.50 bits per heavy atom. The number of imidazole rings is 1. The van der Waals surface area contributed by atoms with Crippen molar-refractivity contribution in [1.82, 2.24) is 9.97 Å². The summed E-state index contributed by atoms with van der Waals surface area (Å²) in [6, 6.07) is 6.21. The fraction of sp³-hybridized carbons (Fsp3) is 0.222. The van der Waals surface area contributed by atoms with Gasteiger partial charge in [0.1, 0.15) is 5.82 Å². The lowest BCUT2D eigenvalue weighted by molar-refractivity contribution is 1.15. The number of nitrogens with one attached hydrogen (secondary N) is 1. The number of halogens is 1. The lowest BCUT2D eigenvalue weighted by Gasteiger charge is -1.89. The molecule has 0 aliphatic carbocycles. The standard InChI is InChI=1S/C9H9BrN2/c1-6-2-3-7-8(4-6)12-9(5-10)11-7/h2-4H,5H2,1H3,(H,11,12). The molecule has 62 valence electrons. The maximum absolute atomic E-state index is 4.37. The molecule has 0 saturated heterocycles. The number of hydrogen-bond donors (Lipinski definition) is 1. The molecule has 0 radical (unpaired) electrons. The van der Waals surface area contributed by atoms with E-state index in [0.29, 0.717) is 0 Å². The first-order valence-electron chi connectivity index (χ1n) is 3.81. The SMILES string of the molecule is Cc1ccc2nc(CBr)[nH]c2c1. The Kier molecular flexibility index (Phi) is 1.89. The van der Waals surface area contributed by atoms with Gasteiger partial charge < -0.3 is 4.98 Å². The number of H-pyrrole nitrogens is 1. The van der Waals surface area contributed by atoms with E-state index in [9.17, 15) is 0 Å². The Balaban J connectivity index is 2.67. The van der Waals surface area contributed by atoms with Gasteiger partial charge in [-0.15, -0.1) is 0 Å². The highest BCUT2D eigenvalue weighted by atomic mass is 79.9. The Bertz CT molecular complexity index is 406. The first kappa shape index (κ1) is 7.80. The molecule has 3 heteroatoms. The first-order valence-corrected chi connectivity index (χ1v) is 4.93. The van der Waals surface area contributed by atoms with E-state index in [4.69, 9.17) is 0 Å². The van der Waals surface area contributed by atoms with Crippen LogP contribution >= 0.6 is 15.9 Å². The minimum atomic E-state index is 0.778. The predicted octanol–water partition coefficient (Wildman–Crippen LogP) is 2.77. The Morgan fingerprint density at radius 2 is 2.33 bits per heavy atom. The van der Waals surface area contributed by atoms with E-state index < -0.39 is 0 Å². The Hall–Kier alpha value is -0.830. The van der Waals surface area contributed by atoms with Crippen LogP contribution in [0.5, 0.6) is 0 Å². The number of aryl methyl sites for hydroxylation is 1. The molecule has 1 aromatic heterocycles. The third-order valence-corrected chi connectivity index (χ3v) is 2.34. The summed E-state index contributed by atoms with van der Waals surface area (Å²) in [4.78, 5) is 7.60. The summed E-state index contributed by atoms with van der Waals surface area (Å²) in [5.74, 6) is 0.982. The van der Waals surface area contributed by atoms with Gasteiger partial charge in [-0.3, -0.25) is 0 Å². The van der Waals surface area contributed by atoms with Gasteiger partial charge in [0.15, 0.2) is 0 Å². The van der Waals surface area contributed by atoms with Crippen molar-refractivity contribution < 1.29 is 0 Å². The highest BCUT2D eigenvalue weighted by Gasteiger charge is 1.99. The van der Waals surface area contributed by atoms with Crippen molar-refractivity contribution in [3.63, 3.8) is 0 Å². The first-order chi connectivity index (χ1) is 5.79. The van der Waals surface area contributed by atoms with Crippen molar-refractivity contribution in [3.05, 3.63) is 29.6 Å². The number of benzene rings is 1. The molecule has 0 aliphatic heterocycles. The van der Waals surface area contributed by atoms with Gasteiger partial charge in [-0.1, -0.05) is 22.0 Å².